The molecule has 5 nitrogen and oxygen atoms in total. The van der Waals surface area contributed by atoms with Gasteiger partial charge in [-0.25, -0.2) is 9.97 Å². The van der Waals surface area contributed by atoms with Gasteiger partial charge in [0.15, 0.2) is 0 Å². The first-order valence-corrected chi connectivity index (χ1v) is 8.37. The molecule has 0 amide bonds. The minimum absolute atomic E-state index is 0.940. The average molecular weight is 319 g/mol. The molecule has 0 saturated carbocycles. The van der Waals surface area contributed by atoms with E-state index in [0.29, 0.717) is 0 Å². The quantitative estimate of drug-likeness (QED) is 0.744. The number of aryl methyl sites for hydroxylation is 1. The van der Waals surface area contributed by atoms with E-state index >= 15 is 0 Å². The molecule has 3 aromatic rings. The predicted octanol–water partition coefficient (Wildman–Crippen LogP) is 2.48. The van der Waals surface area contributed by atoms with Gasteiger partial charge in [0, 0.05) is 61.7 Å². The molecule has 0 unspecified atom stereocenters. The first-order valence-electron chi connectivity index (χ1n) is 8.37. The summed E-state index contributed by atoms with van der Waals surface area (Å²) in [6.07, 6.45) is 7.71. The van der Waals surface area contributed by atoms with E-state index in [1.807, 2.05) is 24.0 Å². The molecule has 0 atom stereocenters. The van der Waals surface area contributed by atoms with Gasteiger partial charge >= 0.3 is 0 Å². The van der Waals surface area contributed by atoms with Crippen LogP contribution >= 0.6 is 0 Å². The zero-order valence-electron chi connectivity index (χ0n) is 13.9. The first-order chi connectivity index (χ1) is 11.8. The van der Waals surface area contributed by atoms with Crippen molar-refractivity contribution in [3.8, 4) is 11.3 Å². The Bertz CT molecular complexity index is 825. The second kappa shape index (κ2) is 6.53. The van der Waals surface area contributed by atoms with E-state index in [4.69, 9.17) is 0 Å². The lowest BCUT2D eigenvalue weighted by atomic mass is 10.0. The number of hydrogen-bond donors (Lipinski definition) is 0. The summed E-state index contributed by atoms with van der Waals surface area (Å²) >= 11 is 0. The Balaban J connectivity index is 1.57. The maximum Gasteiger partial charge on any atom is 0.116 e. The summed E-state index contributed by atoms with van der Waals surface area (Å²) in [5.74, 6) is 0. The molecule has 0 N–H and O–H groups in total. The van der Waals surface area contributed by atoms with Gasteiger partial charge in [-0.3, -0.25) is 9.58 Å². The minimum Gasteiger partial charge on any atom is -0.298 e. The van der Waals surface area contributed by atoms with E-state index in [2.05, 4.69) is 50.4 Å². The zero-order chi connectivity index (χ0) is 16.4. The highest BCUT2D eigenvalue weighted by Crippen LogP contribution is 2.25. The molecular formula is C19H21N5. The number of aromatic nitrogens is 4. The van der Waals surface area contributed by atoms with Crippen LogP contribution < -0.4 is 0 Å². The lowest BCUT2D eigenvalue weighted by Gasteiger charge is -2.18. The van der Waals surface area contributed by atoms with Crippen LogP contribution in [0.2, 0.25) is 0 Å². The highest BCUT2D eigenvalue weighted by molar-refractivity contribution is 5.63. The van der Waals surface area contributed by atoms with Crippen LogP contribution in [0.1, 0.15) is 16.8 Å². The van der Waals surface area contributed by atoms with Gasteiger partial charge in [0.2, 0.25) is 0 Å². The molecular weight excluding hydrogens is 298 g/mol. The van der Waals surface area contributed by atoms with Crippen molar-refractivity contribution in [1.29, 1.82) is 0 Å². The molecule has 1 aromatic carbocycles. The molecule has 122 valence electrons. The van der Waals surface area contributed by atoms with Gasteiger partial charge in [0.05, 0.1) is 11.9 Å². The van der Waals surface area contributed by atoms with Crippen molar-refractivity contribution in [2.45, 2.75) is 19.4 Å². The van der Waals surface area contributed by atoms with Crippen LogP contribution in [0.25, 0.3) is 11.3 Å². The zero-order valence-corrected chi connectivity index (χ0v) is 13.9. The second-order valence-corrected chi connectivity index (χ2v) is 6.31. The summed E-state index contributed by atoms with van der Waals surface area (Å²) in [7, 11) is 1.96. The largest absolute Gasteiger partial charge is 0.298 e. The van der Waals surface area contributed by atoms with Crippen LogP contribution in [0, 0.1) is 0 Å². The van der Waals surface area contributed by atoms with Crippen LogP contribution in [0.15, 0.2) is 49.1 Å². The van der Waals surface area contributed by atoms with Crippen molar-refractivity contribution in [1.82, 2.24) is 24.6 Å². The number of benzene rings is 1. The van der Waals surface area contributed by atoms with E-state index in [1.165, 1.54) is 22.4 Å². The molecule has 0 spiro atoms. The SMILES string of the molecule is Cn1cc(CN2CCc3ncnc(-c4ccccc4)c3CC2)cn1. The van der Waals surface area contributed by atoms with Crippen molar-refractivity contribution >= 4 is 0 Å². The maximum absolute atomic E-state index is 4.57. The normalized spacial score (nSPS) is 15.0. The number of fused-ring (bicyclic) bond motifs is 1. The third-order valence-corrected chi connectivity index (χ3v) is 4.59. The van der Waals surface area contributed by atoms with Crippen molar-refractivity contribution in [2.75, 3.05) is 13.1 Å². The number of nitrogens with zero attached hydrogens (tertiary/aromatic N) is 5. The third kappa shape index (κ3) is 3.08. The van der Waals surface area contributed by atoms with Gasteiger partial charge in [0.25, 0.3) is 0 Å². The smallest absolute Gasteiger partial charge is 0.116 e. The average Bonchev–Trinajstić information content (AvgIpc) is 2.91. The van der Waals surface area contributed by atoms with Gasteiger partial charge in [-0.2, -0.15) is 5.10 Å². The van der Waals surface area contributed by atoms with Crippen molar-refractivity contribution in [2.24, 2.45) is 7.05 Å². The van der Waals surface area contributed by atoms with Crippen molar-refractivity contribution in [3.63, 3.8) is 0 Å². The highest BCUT2D eigenvalue weighted by Gasteiger charge is 2.19. The molecule has 2 aromatic heterocycles. The summed E-state index contributed by atoms with van der Waals surface area (Å²) < 4.78 is 1.86. The topological polar surface area (TPSA) is 46.8 Å². The van der Waals surface area contributed by atoms with Crippen LogP contribution in [-0.2, 0) is 26.4 Å². The fraction of sp³-hybridized carbons (Fsp3) is 0.316. The monoisotopic (exact) mass is 319 g/mol. The van der Waals surface area contributed by atoms with E-state index in [0.717, 1.165) is 38.2 Å². The van der Waals surface area contributed by atoms with Gasteiger partial charge < -0.3 is 0 Å². The van der Waals surface area contributed by atoms with Gasteiger partial charge in [0.1, 0.15) is 6.33 Å². The van der Waals surface area contributed by atoms with Gasteiger partial charge in [-0.05, 0) is 6.42 Å². The van der Waals surface area contributed by atoms with E-state index in [1.54, 1.807) is 6.33 Å². The standard InChI is InChI=1S/C19H21N5/c1-23-12-15(11-22-23)13-24-9-7-17-18(8-10-24)20-14-21-19(17)16-5-3-2-4-6-16/h2-6,11-12,14H,7-10,13H2,1H3. The molecule has 1 aliphatic heterocycles. The minimum atomic E-state index is 0.940. The Morgan fingerprint density at radius 1 is 1.04 bits per heavy atom. The van der Waals surface area contributed by atoms with Gasteiger partial charge in [-0.1, -0.05) is 30.3 Å². The molecule has 0 saturated heterocycles. The Morgan fingerprint density at radius 2 is 1.88 bits per heavy atom. The van der Waals surface area contributed by atoms with E-state index in [-0.39, 0.29) is 0 Å². The van der Waals surface area contributed by atoms with Gasteiger partial charge in [-0.15, -0.1) is 0 Å². The Labute approximate surface area is 142 Å². The highest BCUT2D eigenvalue weighted by atomic mass is 15.2. The second-order valence-electron chi connectivity index (χ2n) is 6.31. The van der Waals surface area contributed by atoms with Crippen LogP contribution in [0.4, 0.5) is 0 Å². The molecule has 0 fully saturated rings. The Morgan fingerprint density at radius 3 is 2.67 bits per heavy atom. The molecule has 0 aliphatic carbocycles. The van der Waals surface area contributed by atoms with Crippen molar-refractivity contribution < 1.29 is 0 Å². The number of rotatable bonds is 3. The molecule has 3 heterocycles. The Kier molecular flexibility index (Phi) is 4.09. The molecule has 1 aliphatic rings. The predicted molar refractivity (Wildman–Crippen MR) is 93.4 cm³/mol. The molecule has 0 bridgehead atoms. The molecule has 4 rings (SSSR count). The maximum atomic E-state index is 4.57. The van der Waals surface area contributed by atoms with E-state index in [9.17, 15) is 0 Å². The van der Waals surface area contributed by atoms with Crippen molar-refractivity contribution in [3.05, 3.63) is 65.9 Å². The van der Waals surface area contributed by atoms with Crippen LogP contribution in [0.5, 0.6) is 0 Å². The summed E-state index contributed by atoms with van der Waals surface area (Å²) in [4.78, 5) is 11.6. The van der Waals surface area contributed by atoms with Crippen LogP contribution in [0.3, 0.4) is 0 Å². The molecule has 24 heavy (non-hydrogen) atoms. The fourth-order valence-corrected chi connectivity index (χ4v) is 3.39. The van der Waals surface area contributed by atoms with Crippen LogP contribution in [-0.4, -0.2) is 37.7 Å². The lowest BCUT2D eigenvalue weighted by Crippen LogP contribution is -2.25. The summed E-state index contributed by atoms with van der Waals surface area (Å²) in [6.45, 7) is 2.98. The summed E-state index contributed by atoms with van der Waals surface area (Å²) in [6, 6.07) is 10.4. The Hall–Kier alpha value is -2.53. The van der Waals surface area contributed by atoms with E-state index < -0.39 is 0 Å². The third-order valence-electron chi connectivity index (χ3n) is 4.59. The first kappa shape index (κ1) is 15.0. The number of hydrogen-bond acceptors (Lipinski definition) is 4. The summed E-state index contributed by atoms with van der Waals surface area (Å²) in [5.41, 5.74) is 6.02. The lowest BCUT2D eigenvalue weighted by molar-refractivity contribution is 0.279. The fourth-order valence-electron chi connectivity index (χ4n) is 3.39. The molecule has 0 radical (unpaired) electrons. The summed E-state index contributed by atoms with van der Waals surface area (Å²) in [5, 5.41) is 4.27. The molecule has 5 heteroatoms.